The topological polar surface area (TPSA) is 94.3 Å². The molecule has 0 atom stereocenters. The van der Waals surface area contributed by atoms with Crippen LogP contribution in [-0.4, -0.2) is 50.4 Å². The molecule has 2 aliphatic carbocycles. The van der Waals surface area contributed by atoms with Crippen LogP contribution in [0.15, 0.2) is 58.7 Å². The van der Waals surface area contributed by atoms with Gasteiger partial charge in [-0.2, -0.15) is 4.31 Å². The molecule has 1 saturated heterocycles. The van der Waals surface area contributed by atoms with Crippen molar-refractivity contribution in [2.45, 2.75) is 38.5 Å². The summed E-state index contributed by atoms with van der Waals surface area (Å²) in [4.78, 5) is 14.6. The summed E-state index contributed by atoms with van der Waals surface area (Å²) >= 11 is 5.88. The molecule has 4 rings (SSSR count). The van der Waals surface area contributed by atoms with Gasteiger partial charge in [0.05, 0.1) is 4.91 Å². The van der Waals surface area contributed by atoms with Crippen molar-refractivity contribution in [1.82, 2.24) is 19.9 Å². The second kappa shape index (κ2) is 12.8. The first kappa shape index (κ1) is 26.1. The number of nitrogens with zero attached hydrogens (tertiary/aromatic N) is 1. The van der Waals surface area contributed by atoms with Gasteiger partial charge in [-0.15, -0.1) is 0 Å². The number of carbonyl (C=O) groups is 1. The van der Waals surface area contributed by atoms with Gasteiger partial charge in [-0.3, -0.25) is 0 Å². The number of amides is 2. The van der Waals surface area contributed by atoms with Gasteiger partial charge in [0.2, 0.25) is 10.0 Å². The van der Waals surface area contributed by atoms with Crippen molar-refractivity contribution in [2.24, 2.45) is 0 Å². The van der Waals surface area contributed by atoms with E-state index in [-0.39, 0.29) is 6.03 Å². The molecule has 34 heavy (non-hydrogen) atoms. The van der Waals surface area contributed by atoms with Crippen molar-refractivity contribution >= 4 is 33.7 Å². The first-order valence-corrected chi connectivity index (χ1v) is 13.4. The molecule has 0 radical (unpaired) electrons. The Morgan fingerprint density at radius 3 is 2.65 bits per heavy atom. The van der Waals surface area contributed by atoms with Crippen molar-refractivity contribution in [3.8, 4) is 0 Å². The molecule has 2 amide bonds. The highest BCUT2D eigenvalue weighted by atomic mass is 35.5. The Hall–Kier alpha value is -2.55. The smallest absolute Gasteiger partial charge is 0.314 e. The van der Waals surface area contributed by atoms with Crippen LogP contribution in [-0.2, 0) is 22.9 Å². The summed E-state index contributed by atoms with van der Waals surface area (Å²) in [6, 6.07) is -0.133. The third-order valence-corrected chi connectivity index (χ3v) is 8.02. The zero-order valence-electron chi connectivity index (χ0n) is 19.5. The number of hydrogen-bond acceptors (Lipinski definition) is 3. The third kappa shape index (κ3) is 7.22. The van der Waals surface area contributed by atoms with Crippen LogP contribution in [0.5, 0.6) is 0 Å². The van der Waals surface area contributed by atoms with Crippen molar-refractivity contribution in [3.63, 3.8) is 0 Å². The zero-order valence-corrected chi connectivity index (χ0v) is 21.1. The minimum atomic E-state index is -3.33. The monoisotopic (exact) mass is 504 g/mol. The quantitative estimate of drug-likeness (QED) is 0.555. The van der Waals surface area contributed by atoms with E-state index in [1.165, 1.54) is 16.8 Å². The summed E-state index contributed by atoms with van der Waals surface area (Å²) < 4.78 is 26.2. The molecular weight excluding hydrogens is 472 g/mol. The molecule has 9 heteroatoms. The molecule has 2 heterocycles. The second-order valence-electron chi connectivity index (χ2n) is 8.21. The average molecular weight is 505 g/mol. The largest absolute Gasteiger partial charge is 0.361 e. The minimum absolute atomic E-state index is 0.133. The zero-order chi connectivity index (χ0) is 24.4. The van der Waals surface area contributed by atoms with Gasteiger partial charge in [-0.05, 0) is 61.1 Å². The fourth-order valence-corrected chi connectivity index (χ4v) is 5.65. The van der Waals surface area contributed by atoms with Crippen LogP contribution in [0.3, 0.4) is 0 Å². The van der Waals surface area contributed by atoms with Crippen LogP contribution < -0.4 is 10.6 Å². The summed E-state index contributed by atoms with van der Waals surface area (Å²) in [7, 11) is -1.71. The van der Waals surface area contributed by atoms with Crippen LogP contribution in [0.2, 0.25) is 0 Å². The second-order valence-corrected chi connectivity index (χ2v) is 10.6. The van der Waals surface area contributed by atoms with Gasteiger partial charge < -0.3 is 15.6 Å². The van der Waals surface area contributed by atoms with Gasteiger partial charge in [0.1, 0.15) is 0 Å². The van der Waals surface area contributed by atoms with Crippen LogP contribution in [0.25, 0.3) is 6.08 Å². The number of fused-ring (bicyclic) bond motifs is 1. The molecule has 0 bridgehead atoms. The summed E-state index contributed by atoms with van der Waals surface area (Å²) in [6.07, 6.45) is 22.4. The van der Waals surface area contributed by atoms with Crippen LogP contribution >= 0.6 is 11.6 Å². The molecule has 1 aromatic rings. The van der Waals surface area contributed by atoms with Crippen molar-refractivity contribution in [2.75, 3.05) is 26.7 Å². The summed E-state index contributed by atoms with van der Waals surface area (Å²) in [5.74, 6) is 0. The van der Waals surface area contributed by atoms with Gasteiger partial charge in [0.15, 0.2) is 0 Å². The Morgan fingerprint density at radius 2 is 1.88 bits per heavy atom. The summed E-state index contributed by atoms with van der Waals surface area (Å²) in [5.41, 5.74) is 3.77. The Labute approximate surface area is 207 Å². The number of nitrogens with one attached hydrogen (secondary N) is 3. The minimum Gasteiger partial charge on any atom is -0.361 e. The highest BCUT2D eigenvalue weighted by Crippen LogP contribution is 2.23. The van der Waals surface area contributed by atoms with E-state index in [4.69, 9.17) is 11.6 Å². The van der Waals surface area contributed by atoms with Crippen LogP contribution in [0.4, 0.5) is 4.79 Å². The number of aromatic nitrogens is 1. The molecule has 1 aromatic heterocycles. The molecule has 7 nitrogen and oxygen atoms in total. The first-order valence-electron chi connectivity index (χ1n) is 11.6. The molecule has 1 fully saturated rings. The first-order chi connectivity index (χ1) is 16.4. The van der Waals surface area contributed by atoms with Gasteiger partial charge >= 0.3 is 6.03 Å². The molecule has 3 N–H and O–H groups in total. The predicted molar refractivity (Wildman–Crippen MR) is 139 cm³/mol. The Bertz CT molecular complexity index is 1110. The number of aromatic amines is 1. The number of carbonyl (C=O) groups excluding carboxylic acids is 1. The summed E-state index contributed by atoms with van der Waals surface area (Å²) in [5, 5.41) is 5.99. The van der Waals surface area contributed by atoms with E-state index < -0.39 is 10.0 Å². The van der Waals surface area contributed by atoms with Gasteiger partial charge in [-0.1, -0.05) is 42.3 Å². The number of halogens is 1. The van der Waals surface area contributed by atoms with Crippen molar-refractivity contribution < 1.29 is 13.2 Å². The predicted octanol–water partition coefficient (Wildman–Crippen LogP) is 4.38. The van der Waals surface area contributed by atoms with Crippen molar-refractivity contribution in [1.29, 1.82) is 0 Å². The van der Waals surface area contributed by atoms with E-state index in [2.05, 4.69) is 33.8 Å². The van der Waals surface area contributed by atoms with E-state index in [9.17, 15) is 13.2 Å². The van der Waals surface area contributed by atoms with Gasteiger partial charge in [0.25, 0.3) is 0 Å². The van der Waals surface area contributed by atoms with Gasteiger partial charge in [0, 0.05) is 50.0 Å². The maximum Gasteiger partial charge on any atom is 0.314 e. The van der Waals surface area contributed by atoms with Crippen LogP contribution in [0.1, 0.15) is 42.5 Å². The van der Waals surface area contributed by atoms with E-state index in [1.54, 1.807) is 35.7 Å². The number of piperidine rings is 1. The van der Waals surface area contributed by atoms with E-state index in [0.29, 0.717) is 36.0 Å². The fraction of sp³-hybridized carbons (Fsp3) is 0.400. The standard InChI is InChI=1S/C13H17N3O.C12H16ClNO2S/c1-14-13(17)15-8-7-10-9-16-12-6-4-2-3-5-11(10)12;13-11-5-4-6-12(8-7-11)17(15,16)14-9-2-1-3-10-14/h2-4,6,9,16H,5,7-8H2,1H3,(H2,14,15,17);4,6-8H,1-3,5,9-10H2. The lowest BCUT2D eigenvalue weighted by Crippen LogP contribution is -2.36. The Morgan fingerprint density at radius 1 is 1.09 bits per heavy atom. The SMILES string of the molecule is CNC(=O)NCCc1c[nH]c2c1CC=CC=C2.O=S(=O)(C1=CC=C(Cl)CC=C1)N1CCCCC1. The molecule has 3 aliphatic rings. The number of rotatable bonds is 5. The maximum absolute atomic E-state index is 12.3. The highest BCUT2D eigenvalue weighted by molar-refractivity contribution is 7.93. The van der Waals surface area contributed by atoms with Crippen molar-refractivity contribution in [3.05, 3.63) is 75.5 Å². The number of sulfonamides is 1. The molecule has 0 unspecified atom stereocenters. The molecule has 184 valence electrons. The third-order valence-electron chi connectivity index (χ3n) is 5.83. The number of urea groups is 1. The number of H-pyrrole nitrogens is 1. The fourth-order valence-electron chi connectivity index (χ4n) is 3.95. The maximum atomic E-state index is 12.3. The van der Waals surface area contributed by atoms with E-state index in [0.717, 1.165) is 32.1 Å². The van der Waals surface area contributed by atoms with Gasteiger partial charge in [-0.25, -0.2) is 13.2 Å². The Balaban J connectivity index is 0.000000191. The Kier molecular flexibility index (Phi) is 9.80. The normalized spacial score (nSPS) is 17.9. The summed E-state index contributed by atoms with van der Waals surface area (Å²) in [6.45, 7) is 1.91. The molecule has 0 aromatic carbocycles. The molecule has 0 saturated carbocycles. The molecule has 1 aliphatic heterocycles. The van der Waals surface area contributed by atoms with E-state index in [1.807, 2.05) is 12.3 Å². The average Bonchev–Trinajstić information content (AvgIpc) is 3.01. The number of allylic oxidation sites excluding steroid dienone is 8. The van der Waals surface area contributed by atoms with E-state index >= 15 is 0 Å². The number of hydrogen-bond donors (Lipinski definition) is 3. The lowest BCUT2D eigenvalue weighted by atomic mass is 10.1. The lowest BCUT2D eigenvalue weighted by Gasteiger charge is -2.26. The lowest BCUT2D eigenvalue weighted by molar-refractivity contribution is 0.243. The highest BCUT2D eigenvalue weighted by Gasteiger charge is 2.26. The molecular formula is C25H33ClN4O3S. The molecule has 0 spiro atoms. The van der Waals surface area contributed by atoms with Crippen LogP contribution in [0, 0.1) is 0 Å².